The minimum atomic E-state index is -1.24. The molecular formula is C30H29ClFN7O4. The van der Waals surface area contributed by atoms with Crippen molar-refractivity contribution in [3.8, 4) is 16.8 Å². The number of amides is 2. The number of benzene rings is 2. The molecule has 2 bridgehead atoms. The zero-order valence-electron chi connectivity index (χ0n) is 23.4. The van der Waals surface area contributed by atoms with Crippen LogP contribution in [-0.4, -0.2) is 42.9 Å². The highest BCUT2D eigenvalue weighted by Crippen LogP contribution is 2.35. The van der Waals surface area contributed by atoms with Gasteiger partial charge in [0.15, 0.2) is 11.6 Å². The minimum Gasteiger partial charge on any atom is -0.481 e. The minimum absolute atomic E-state index is 0.0181. The number of carboxylic acid groups (broad SMARTS) is 1. The van der Waals surface area contributed by atoms with Crippen molar-refractivity contribution in [3.63, 3.8) is 0 Å². The number of carbonyl (C=O) groups excluding carboxylic acids is 2. The van der Waals surface area contributed by atoms with Crippen molar-refractivity contribution in [1.82, 2.24) is 20.0 Å². The van der Waals surface area contributed by atoms with E-state index in [2.05, 4.69) is 31.2 Å². The maximum atomic E-state index is 14.7. The number of aliphatic carboxylic acids is 1. The van der Waals surface area contributed by atoms with E-state index in [4.69, 9.17) is 16.7 Å². The molecule has 0 unspecified atom stereocenters. The Bertz CT molecular complexity index is 1710. The molecular weight excluding hydrogens is 577 g/mol. The van der Waals surface area contributed by atoms with Crippen molar-refractivity contribution in [3.05, 3.63) is 77.0 Å². The zero-order valence-corrected chi connectivity index (χ0v) is 24.2. The van der Waals surface area contributed by atoms with Gasteiger partial charge in [0.1, 0.15) is 12.1 Å². The molecule has 2 atom stereocenters. The van der Waals surface area contributed by atoms with Gasteiger partial charge < -0.3 is 21.1 Å². The van der Waals surface area contributed by atoms with Crippen LogP contribution in [-0.2, 0) is 14.4 Å². The quantitative estimate of drug-likeness (QED) is 0.203. The van der Waals surface area contributed by atoms with Crippen LogP contribution in [0.15, 0.2) is 54.7 Å². The Morgan fingerprint density at radius 1 is 1.19 bits per heavy atom. The van der Waals surface area contributed by atoms with Crippen molar-refractivity contribution < 1.29 is 23.9 Å². The number of rotatable bonds is 6. The van der Waals surface area contributed by atoms with Gasteiger partial charge in [0, 0.05) is 23.4 Å². The fraction of sp³-hybridized carbons (Fsp3) is 0.267. The summed E-state index contributed by atoms with van der Waals surface area (Å²) in [5, 5.41) is 26.3. The molecule has 0 aliphatic carbocycles. The maximum absolute atomic E-state index is 14.7. The van der Waals surface area contributed by atoms with Crippen LogP contribution in [0.1, 0.15) is 50.0 Å². The number of pyridine rings is 1. The van der Waals surface area contributed by atoms with Gasteiger partial charge in [-0.3, -0.25) is 19.4 Å². The second-order valence-electron chi connectivity index (χ2n) is 10.4. The van der Waals surface area contributed by atoms with Crippen LogP contribution in [0.3, 0.4) is 0 Å². The Morgan fingerprint density at radius 3 is 2.79 bits per heavy atom. The van der Waals surface area contributed by atoms with Crippen molar-refractivity contribution in [1.29, 1.82) is 0 Å². The van der Waals surface area contributed by atoms with E-state index in [0.717, 1.165) is 11.3 Å². The van der Waals surface area contributed by atoms with Crippen LogP contribution in [0.2, 0.25) is 5.02 Å². The lowest BCUT2D eigenvalue weighted by molar-refractivity contribution is -0.139. The summed E-state index contributed by atoms with van der Waals surface area (Å²) in [6.45, 7) is 3.62. The van der Waals surface area contributed by atoms with Gasteiger partial charge in [-0.15, -0.1) is 5.10 Å². The molecule has 43 heavy (non-hydrogen) atoms. The van der Waals surface area contributed by atoms with Gasteiger partial charge >= 0.3 is 5.97 Å². The highest BCUT2D eigenvalue weighted by molar-refractivity contribution is 6.30. The summed E-state index contributed by atoms with van der Waals surface area (Å²) >= 11 is 5.98. The number of carboxylic acids is 1. The number of aromatic nitrogens is 4. The zero-order chi connectivity index (χ0) is 30.7. The first kappa shape index (κ1) is 29.6. The van der Waals surface area contributed by atoms with E-state index in [1.54, 1.807) is 43.5 Å². The fourth-order valence-electron chi connectivity index (χ4n) is 4.95. The van der Waals surface area contributed by atoms with E-state index in [1.807, 2.05) is 19.1 Å². The predicted octanol–water partition coefficient (Wildman–Crippen LogP) is 5.76. The number of hydrogen-bond acceptors (Lipinski definition) is 7. The van der Waals surface area contributed by atoms with E-state index < -0.39 is 24.1 Å². The third kappa shape index (κ3) is 6.64. The van der Waals surface area contributed by atoms with E-state index >= 15 is 0 Å². The van der Waals surface area contributed by atoms with Gasteiger partial charge in [0.05, 0.1) is 28.1 Å². The fourth-order valence-corrected chi connectivity index (χ4v) is 5.12. The molecule has 5 rings (SSSR count). The number of anilines is 3. The molecule has 2 aromatic heterocycles. The Kier molecular flexibility index (Phi) is 8.67. The molecule has 4 aromatic rings. The van der Waals surface area contributed by atoms with Crippen molar-refractivity contribution in [2.75, 3.05) is 16.0 Å². The molecule has 222 valence electrons. The van der Waals surface area contributed by atoms with Gasteiger partial charge in [0.2, 0.25) is 11.8 Å². The number of carbonyl (C=O) groups is 3. The summed E-state index contributed by atoms with van der Waals surface area (Å²) < 4.78 is 16.1. The van der Waals surface area contributed by atoms with Crippen LogP contribution < -0.4 is 16.0 Å². The van der Waals surface area contributed by atoms with E-state index in [1.165, 1.54) is 10.7 Å². The summed E-state index contributed by atoms with van der Waals surface area (Å²) in [6, 6.07) is 13.1. The molecule has 3 heterocycles. The van der Waals surface area contributed by atoms with E-state index in [-0.39, 0.29) is 28.6 Å². The Morgan fingerprint density at radius 2 is 2.00 bits per heavy atom. The van der Waals surface area contributed by atoms with Crippen molar-refractivity contribution in [2.24, 2.45) is 5.92 Å². The third-order valence-electron chi connectivity index (χ3n) is 7.26. The number of halogens is 2. The van der Waals surface area contributed by atoms with E-state index in [0.29, 0.717) is 47.7 Å². The Hall–Kier alpha value is -4.84. The predicted molar refractivity (Wildman–Crippen MR) is 160 cm³/mol. The first-order chi connectivity index (χ1) is 20.6. The molecule has 13 heteroatoms. The standard InChI is InChI=1S/C30H29ClFN7O4/c1-16-5-3-7-22(35-29-17(2)39(38-37-29)25-8-4-6-21(31)28(25)32)24-13-18(11-12-33-24)20-10-9-19(14-23(20)36-30(16)43)34-26(40)15-27(41)42/h4,6,8-14,16,22,35H,3,5,7,15H2,1-2H3,(H,34,40)(H,36,43)(H,41,42)/t16-,22+/m1/s1. The van der Waals surface area contributed by atoms with Crippen LogP contribution in [0.5, 0.6) is 0 Å². The van der Waals surface area contributed by atoms with Gasteiger partial charge in [-0.25, -0.2) is 9.07 Å². The highest BCUT2D eigenvalue weighted by atomic mass is 35.5. The lowest BCUT2D eigenvalue weighted by Crippen LogP contribution is -2.22. The topological polar surface area (TPSA) is 151 Å². The molecule has 0 spiro atoms. The number of nitrogens with zero attached hydrogens (tertiary/aromatic N) is 4. The summed E-state index contributed by atoms with van der Waals surface area (Å²) in [4.78, 5) is 40.7. The molecule has 1 aliphatic heterocycles. The van der Waals surface area contributed by atoms with Crippen molar-refractivity contribution >= 4 is 46.6 Å². The lowest BCUT2D eigenvalue weighted by atomic mass is 9.95. The highest BCUT2D eigenvalue weighted by Gasteiger charge is 2.23. The Labute approximate surface area is 251 Å². The smallest absolute Gasteiger partial charge is 0.312 e. The monoisotopic (exact) mass is 605 g/mol. The van der Waals surface area contributed by atoms with Gasteiger partial charge in [-0.05, 0) is 61.7 Å². The second kappa shape index (κ2) is 12.6. The molecule has 0 saturated carbocycles. The normalized spacial score (nSPS) is 16.7. The number of hydrogen-bond donors (Lipinski definition) is 4. The summed E-state index contributed by atoms with van der Waals surface area (Å²) in [5.41, 5.74) is 3.77. The molecule has 1 aliphatic rings. The van der Waals surface area contributed by atoms with Crippen LogP contribution in [0.4, 0.5) is 21.6 Å². The van der Waals surface area contributed by atoms with E-state index in [9.17, 15) is 18.8 Å². The van der Waals surface area contributed by atoms with Gasteiger partial charge in [-0.1, -0.05) is 42.3 Å². The third-order valence-corrected chi connectivity index (χ3v) is 7.56. The van der Waals surface area contributed by atoms with Crippen LogP contribution in [0, 0.1) is 18.7 Å². The summed E-state index contributed by atoms with van der Waals surface area (Å²) in [7, 11) is 0. The van der Waals surface area contributed by atoms with Gasteiger partial charge in [-0.2, -0.15) is 0 Å². The largest absolute Gasteiger partial charge is 0.481 e. The lowest BCUT2D eigenvalue weighted by Gasteiger charge is -2.22. The molecule has 2 amide bonds. The number of nitrogens with one attached hydrogen (secondary N) is 3. The maximum Gasteiger partial charge on any atom is 0.312 e. The van der Waals surface area contributed by atoms with Crippen molar-refractivity contribution in [2.45, 2.75) is 45.6 Å². The molecule has 0 fully saturated rings. The first-order valence-electron chi connectivity index (χ1n) is 13.7. The van der Waals surface area contributed by atoms with Crippen LogP contribution in [0.25, 0.3) is 16.8 Å². The molecule has 0 saturated heterocycles. The molecule has 4 N–H and O–H groups in total. The van der Waals surface area contributed by atoms with Gasteiger partial charge in [0.25, 0.3) is 0 Å². The molecule has 0 radical (unpaired) electrons. The van der Waals surface area contributed by atoms with Crippen LogP contribution >= 0.6 is 11.6 Å². The number of fused-ring (bicyclic) bond motifs is 4. The molecule has 11 nitrogen and oxygen atoms in total. The second-order valence-corrected chi connectivity index (χ2v) is 10.8. The molecule has 2 aromatic carbocycles. The summed E-state index contributed by atoms with van der Waals surface area (Å²) in [5.74, 6) is -2.57. The summed E-state index contributed by atoms with van der Waals surface area (Å²) in [6.07, 6.45) is 2.91. The Balaban J connectivity index is 1.50. The average molecular weight is 606 g/mol. The first-order valence-corrected chi connectivity index (χ1v) is 14.0. The SMILES string of the molecule is Cc1c(N[C@H]2CCC[C@@H](C)C(=O)Nc3cc(NC(=O)CC(=O)O)ccc3-c3ccnc2c3)nnn1-c1cccc(Cl)c1F. The average Bonchev–Trinajstić information content (AvgIpc) is 3.32.